The number of rotatable bonds is 17. The first-order valence-corrected chi connectivity index (χ1v) is 16.4. The molecular weight excluding hydrogens is 554 g/mol. The van der Waals surface area contributed by atoms with Gasteiger partial charge in [0.25, 0.3) is 0 Å². The van der Waals surface area contributed by atoms with Crippen LogP contribution in [0.15, 0.2) is 54.6 Å². The van der Waals surface area contributed by atoms with Crippen LogP contribution in [0.25, 0.3) is 0 Å². The molecule has 2 aromatic carbocycles. The standard InChI is InChI=1S/C33H46ClN3O3S/c1-3-25(11-7-5-6-8-20-41-36-32(38)4-2)18-19-37-23-27(14-9-12-26-13-10-15-29(34)21-26)24-40-31-17-16-28(33(35)39)22-30(31)37/h5,7,10,13,15-17,21-22,25,27H,3-4,6,8-9,11-12,14,18-20,23-24H2,1-2H3,(H2,35,39)(H,36,38)/b7-5+/t25-,27?/m0/s1. The molecule has 0 spiro atoms. The van der Waals surface area contributed by atoms with E-state index in [-0.39, 0.29) is 5.91 Å². The number of aryl methyl sites for hydroxylation is 1. The van der Waals surface area contributed by atoms with Crippen LogP contribution in [0.2, 0.25) is 5.02 Å². The van der Waals surface area contributed by atoms with Crippen LogP contribution < -0.4 is 20.1 Å². The first-order valence-electron chi connectivity index (χ1n) is 15.0. The van der Waals surface area contributed by atoms with E-state index in [9.17, 15) is 9.59 Å². The number of nitrogens with two attached hydrogens (primary N) is 1. The normalized spacial score (nSPS) is 15.7. The lowest BCUT2D eigenvalue weighted by Crippen LogP contribution is -2.32. The molecule has 2 atom stereocenters. The molecule has 0 saturated carbocycles. The number of hydrogen-bond acceptors (Lipinski definition) is 5. The number of fused-ring (bicyclic) bond motifs is 1. The molecule has 0 fully saturated rings. The molecule has 6 nitrogen and oxygen atoms in total. The van der Waals surface area contributed by atoms with Crippen LogP contribution in [-0.2, 0) is 11.2 Å². The molecule has 0 radical (unpaired) electrons. The van der Waals surface area contributed by atoms with Crippen molar-refractivity contribution in [2.75, 3.05) is 30.3 Å². The van der Waals surface area contributed by atoms with Crippen molar-refractivity contribution in [3.8, 4) is 5.75 Å². The van der Waals surface area contributed by atoms with Gasteiger partial charge in [-0.2, -0.15) is 0 Å². The van der Waals surface area contributed by atoms with Gasteiger partial charge in [0.1, 0.15) is 5.75 Å². The second-order valence-corrected chi connectivity index (χ2v) is 12.2. The fourth-order valence-electron chi connectivity index (χ4n) is 5.09. The van der Waals surface area contributed by atoms with Gasteiger partial charge in [-0.25, -0.2) is 0 Å². The Bertz CT molecular complexity index is 1140. The fourth-order valence-corrected chi connectivity index (χ4v) is 6.03. The molecule has 0 saturated heterocycles. The van der Waals surface area contributed by atoms with Gasteiger partial charge < -0.3 is 20.1 Å². The van der Waals surface area contributed by atoms with Gasteiger partial charge in [0, 0.05) is 41.8 Å². The highest BCUT2D eigenvalue weighted by Crippen LogP contribution is 2.35. The highest BCUT2D eigenvalue weighted by Gasteiger charge is 2.24. The van der Waals surface area contributed by atoms with Gasteiger partial charge in [-0.3, -0.25) is 9.59 Å². The van der Waals surface area contributed by atoms with E-state index in [0.29, 0.717) is 30.4 Å². The van der Waals surface area contributed by atoms with Crippen LogP contribution in [0.3, 0.4) is 0 Å². The summed E-state index contributed by atoms with van der Waals surface area (Å²) in [6.07, 6.45) is 13.5. The summed E-state index contributed by atoms with van der Waals surface area (Å²) in [6, 6.07) is 13.6. The van der Waals surface area contributed by atoms with Crippen LogP contribution in [0.4, 0.5) is 5.69 Å². The summed E-state index contributed by atoms with van der Waals surface area (Å²) in [7, 11) is 0. The number of primary amides is 1. The van der Waals surface area contributed by atoms with Gasteiger partial charge in [0.2, 0.25) is 11.8 Å². The molecule has 3 rings (SSSR count). The quantitative estimate of drug-likeness (QED) is 0.111. The summed E-state index contributed by atoms with van der Waals surface area (Å²) in [5.41, 5.74) is 8.37. The molecule has 3 N–H and O–H groups in total. The second kappa shape index (κ2) is 18.0. The van der Waals surface area contributed by atoms with Crippen molar-refractivity contribution in [3.05, 3.63) is 70.8 Å². The van der Waals surface area contributed by atoms with Gasteiger partial charge >= 0.3 is 0 Å². The van der Waals surface area contributed by atoms with Crippen LogP contribution in [0.5, 0.6) is 5.75 Å². The van der Waals surface area contributed by atoms with E-state index in [2.05, 4.69) is 34.8 Å². The number of hydrogen-bond donors (Lipinski definition) is 2. The highest BCUT2D eigenvalue weighted by molar-refractivity contribution is 7.97. The van der Waals surface area contributed by atoms with E-state index < -0.39 is 5.91 Å². The van der Waals surface area contributed by atoms with Crippen LogP contribution in [0.1, 0.15) is 81.1 Å². The van der Waals surface area contributed by atoms with Crippen molar-refractivity contribution in [2.24, 2.45) is 17.6 Å². The number of anilines is 1. The molecule has 41 heavy (non-hydrogen) atoms. The maximum absolute atomic E-state index is 12.0. The minimum absolute atomic E-state index is 0.0876. The fraction of sp³-hybridized carbons (Fsp3) is 0.515. The van der Waals surface area contributed by atoms with Crippen molar-refractivity contribution >= 4 is 41.1 Å². The predicted molar refractivity (Wildman–Crippen MR) is 173 cm³/mol. The molecule has 2 amide bonds. The summed E-state index contributed by atoms with van der Waals surface area (Å²) < 4.78 is 9.12. The molecule has 1 aliphatic rings. The summed E-state index contributed by atoms with van der Waals surface area (Å²) >= 11 is 7.67. The van der Waals surface area contributed by atoms with Crippen LogP contribution >= 0.6 is 23.5 Å². The SMILES string of the molecule is CCC(=O)NSCCC/C=C/C[C@H](CC)CCN1CC(CCCc2cccc(Cl)c2)COc2ccc(C(N)=O)cc21. The molecule has 0 bridgehead atoms. The molecule has 1 unspecified atom stereocenters. The maximum atomic E-state index is 12.0. The number of benzene rings is 2. The third-order valence-corrected chi connectivity index (χ3v) is 8.75. The van der Waals surface area contributed by atoms with Crippen molar-refractivity contribution in [1.29, 1.82) is 0 Å². The second-order valence-electron chi connectivity index (χ2n) is 10.8. The number of nitrogens with zero attached hydrogens (tertiary/aromatic N) is 1. The third-order valence-electron chi connectivity index (χ3n) is 7.65. The molecule has 2 aromatic rings. The molecular formula is C33H46ClN3O3S. The van der Waals surface area contributed by atoms with E-state index in [1.54, 1.807) is 6.07 Å². The number of carbonyl (C=O) groups excluding carboxylic acids is 2. The Kier molecular flexibility index (Phi) is 14.4. The van der Waals surface area contributed by atoms with Gasteiger partial charge in [0.15, 0.2) is 0 Å². The van der Waals surface area contributed by atoms with Gasteiger partial charge in [-0.05, 0) is 86.8 Å². The van der Waals surface area contributed by atoms with Crippen molar-refractivity contribution < 1.29 is 14.3 Å². The van der Waals surface area contributed by atoms with E-state index in [1.807, 2.05) is 37.3 Å². The highest BCUT2D eigenvalue weighted by atomic mass is 35.5. The zero-order valence-corrected chi connectivity index (χ0v) is 26.2. The number of allylic oxidation sites excluding steroid dienone is 2. The molecule has 1 aliphatic heterocycles. The van der Waals surface area contributed by atoms with Gasteiger partial charge in [-0.15, -0.1) is 0 Å². The lowest BCUT2D eigenvalue weighted by atomic mass is 9.96. The Morgan fingerprint density at radius 1 is 1.20 bits per heavy atom. The Morgan fingerprint density at radius 2 is 2.05 bits per heavy atom. The number of nitrogens with one attached hydrogen (secondary N) is 1. The van der Waals surface area contributed by atoms with E-state index in [0.717, 1.165) is 86.7 Å². The number of ether oxygens (including phenoxy) is 1. The molecule has 0 aromatic heterocycles. The average molecular weight is 600 g/mol. The summed E-state index contributed by atoms with van der Waals surface area (Å²) in [5.74, 6) is 2.39. The topological polar surface area (TPSA) is 84.7 Å². The molecule has 224 valence electrons. The first-order chi connectivity index (χ1) is 19.9. The molecule has 0 aliphatic carbocycles. The van der Waals surface area contributed by atoms with Crippen molar-refractivity contribution in [2.45, 2.75) is 71.6 Å². The summed E-state index contributed by atoms with van der Waals surface area (Å²) in [4.78, 5) is 25.7. The third kappa shape index (κ3) is 11.6. The Labute approximate surface area is 255 Å². The Balaban J connectivity index is 1.55. The van der Waals surface area contributed by atoms with Gasteiger partial charge in [-0.1, -0.05) is 68.1 Å². The van der Waals surface area contributed by atoms with Crippen molar-refractivity contribution in [3.63, 3.8) is 0 Å². The van der Waals surface area contributed by atoms with Crippen LogP contribution in [0, 0.1) is 11.8 Å². The zero-order chi connectivity index (χ0) is 29.5. The van der Waals surface area contributed by atoms with E-state index in [1.165, 1.54) is 17.5 Å². The number of halogens is 1. The lowest BCUT2D eigenvalue weighted by molar-refractivity contribution is -0.118. The van der Waals surface area contributed by atoms with E-state index >= 15 is 0 Å². The van der Waals surface area contributed by atoms with Crippen LogP contribution in [-0.4, -0.2) is 37.3 Å². The van der Waals surface area contributed by atoms with Crippen molar-refractivity contribution in [1.82, 2.24) is 4.72 Å². The van der Waals surface area contributed by atoms with Gasteiger partial charge in [0.05, 0.1) is 12.3 Å². The average Bonchev–Trinajstić information content (AvgIpc) is 3.14. The Hall–Kier alpha value is -2.64. The largest absolute Gasteiger partial charge is 0.491 e. The van der Waals surface area contributed by atoms with E-state index in [4.69, 9.17) is 22.1 Å². The minimum atomic E-state index is -0.419. The first kappa shape index (κ1) is 32.9. The molecule has 1 heterocycles. The zero-order valence-electron chi connectivity index (χ0n) is 24.6. The minimum Gasteiger partial charge on any atom is -0.491 e. The monoisotopic (exact) mass is 599 g/mol. The maximum Gasteiger partial charge on any atom is 0.248 e. The Morgan fingerprint density at radius 3 is 2.80 bits per heavy atom. The smallest absolute Gasteiger partial charge is 0.248 e. The number of amides is 2. The predicted octanol–water partition coefficient (Wildman–Crippen LogP) is 7.59. The summed E-state index contributed by atoms with van der Waals surface area (Å²) in [6.45, 7) is 6.58. The lowest BCUT2D eigenvalue weighted by Gasteiger charge is -2.28. The number of unbranched alkanes of at least 4 members (excludes halogenated alkanes) is 1. The summed E-state index contributed by atoms with van der Waals surface area (Å²) in [5, 5.41) is 0.781. The molecule has 8 heteroatoms. The number of carbonyl (C=O) groups is 2.